The minimum absolute atomic E-state index is 0.0957. The van der Waals surface area contributed by atoms with Crippen molar-refractivity contribution in [1.82, 2.24) is 0 Å². The smallest absolute Gasteiger partial charge is 0.457 e. The molecule has 2 unspecified atom stereocenters. The summed E-state index contributed by atoms with van der Waals surface area (Å²) >= 11 is 0. The third-order valence-corrected chi connectivity index (χ3v) is 11.5. The maximum Gasteiger partial charge on any atom is 0.472 e. The molecule has 0 amide bonds. The fourth-order valence-corrected chi connectivity index (χ4v) is 7.70. The average Bonchev–Trinajstić information content (AvgIpc) is 3.23. The lowest BCUT2D eigenvalue weighted by Gasteiger charge is -2.20. The first-order chi connectivity index (χ1) is 28.9. The molecule has 0 aliphatic heterocycles. The summed E-state index contributed by atoms with van der Waals surface area (Å²) in [6.07, 6.45) is 57.2. The molecule has 0 aliphatic carbocycles. The van der Waals surface area contributed by atoms with Gasteiger partial charge in [0.2, 0.25) is 0 Å². The summed E-state index contributed by atoms with van der Waals surface area (Å²) in [5.74, 6) is -0.351. The molecule has 0 saturated carbocycles. The molecular weight excluding hydrogens is 758 g/mol. The van der Waals surface area contributed by atoms with Gasteiger partial charge in [-0.15, -0.1) is 0 Å². The van der Waals surface area contributed by atoms with E-state index in [1.165, 1.54) is 135 Å². The summed E-state index contributed by atoms with van der Waals surface area (Å²) in [5.41, 5.74) is 5.38. The SMILES string of the molecule is CC/C=C\C/C=C\C/C=C\C/C=C\CCCCCCC(=O)OC(COCCCCCCCCCCCCCCCCCCCCCCCCC)COP(=O)(O)OCCN. The van der Waals surface area contributed by atoms with Crippen molar-refractivity contribution in [1.29, 1.82) is 0 Å². The molecule has 0 radical (unpaired) electrons. The number of nitrogens with two attached hydrogens (primary N) is 1. The molecule has 0 aromatic carbocycles. The second-order valence-electron chi connectivity index (χ2n) is 16.3. The van der Waals surface area contributed by atoms with Crippen molar-refractivity contribution in [3.05, 3.63) is 48.6 Å². The number of rotatable bonds is 47. The number of unbranched alkanes of at least 4 members (excludes halogenated alkanes) is 26. The summed E-state index contributed by atoms with van der Waals surface area (Å²) in [5, 5.41) is 0. The van der Waals surface area contributed by atoms with Gasteiger partial charge in [-0.3, -0.25) is 13.8 Å². The Labute approximate surface area is 364 Å². The number of allylic oxidation sites excluding steroid dienone is 8. The summed E-state index contributed by atoms with van der Waals surface area (Å²) in [7, 11) is -4.29. The quantitative estimate of drug-likeness (QED) is 0.0269. The van der Waals surface area contributed by atoms with Gasteiger partial charge < -0.3 is 20.1 Å². The average molecular weight is 852 g/mol. The minimum Gasteiger partial charge on any atom is -0.457 e. The first-order valence-corrected chi connectivity index (χ1v) is 26.1. The summed E-state index contributed by atoms with van der Waals surface area (Å²) in [6, 6.07) is 0. The molecular formula is C50H94NO7P. The van der Waals surface area contributed by atoms with E-state index >= 15 is 0 Å². The highest BCUT2D eigenvalue weighted by molar-refractivity contribution is 7.47. The van der Waals surface area contributed by atoms with E-state index in [1.807, 2.05) is 0 Å². The van der Waals surface area contributed by atoms with E-state index in [1.54, 1.807) is 0 Å². The van der Waals surface area contributed by atoms with Crippen molar-refractivity contribution in [2.45, 2.75) is 232 Å². The number of phosphoric ester groups is 1. The van der Waals surface area contributed by atoms with Crippen molar-refractivity contribution in [3.63, 3.8) is 0 Å². The van der Waals surface area contributed by atoms with Crippen LogP contribution in [0.2, 0.25) is 0 Å². The molecule has 2 atom stereocenters. The van der Waals surface area contributed by atoms with E-state index in [0.29, 0.717) is 13.0 Å². The predicted molar refractivity (Wildman–Crippen MR) is 252 cm³/mol. The van der Waals surface area contributed by atoms with E-state index in [9.17, 15) is 14.3 Å². The normalized spacial score (nSPS) is 13.8. The van der Waals surface area contributed by atoms with Gasteiger partial charge in [0.25, 0.3) is 0 Å². The van der Waals surface area contributed by atoms with Gasteiger partial charge in [-0.05, 0) is 51.4 Å². The molecule has 346 valence electrons. The number of carbonyl (C=O) groups excluding carboxylic acids is 1. The predicted octanol–water partition coefficient (Wildman–Crippen LogP) is 15.1. The van der Waals surface area contributed by atoms with Crippen LogP contribution >= 0.6 is 7.82 Å². The van der Waals surface area contributed by atoms with Crippen LogP contribution in [0.3, 0.4) is 0 Å². The fraction of sp³-hybridized carbons (Fsp3) is 0.820. The first kappa shape index (κ1) is 57.5. The Morgan fingerprint density at radius 2 is 0.949 bits per heavy atom. The first-order valence-electron chi connectivity index (χ1n) is 24.6. The molecule has 8 nitrogen and oxygen atoms in total. The highest BCUT2D eigenvalue weighted by atomic mass is 31.2. The Hall–Kier alpha value is -1.54. The largest absolute Gasteiger partial charge is 0.472 e. The van der Waals surface area contributed by atoms with Crippen molar-refractivity contribution in [2.75, 3.05) is 33.0 Å². The summed E-state index contributed by atoms with van der Waals surface area (Å²) in [6.45, 7) is 4.81. The van der Waals surface area contributed by atoms with Crippen molar-refractivity contribution < 1.29 is 32.8 Å². The van der Waals surface area contributed by atoms with Crippen LogP contribution in [0, 0.1) is 0 Å². The summed E-state index contributed by atoms with van der Waals surface area (Å²) in [4.78, 5) is 22.5. The molecule has 0 aromatic heterocycles. The fourth-order valence-electron chi connectivity index (χ4n) is 6.93. The van der Waals surface area contributed by atoms with E-state index in [4.69, 9.17) is 24.3 Å². The third-order valence-electron chi connectivity index (χ3n) is 10.5. The van der Waals surface area contributed by atoms with Gasteiger partial charge in [-0.1, -0.05) is 217 Å². The topological polar surface area (TPSA) is 117 Å². The van der Waals surface area contributed by atoms with E-state index in [2.05, 4.69) is 62.5 Å². The van der Waals surface area contributed by atoms with Crippen LogP contribution in [0.4, 0.5) is 0 Å². The molecule has 0 saturated heterocycles. The highest BCUT2D eigenvalue weighted by Crippen LogP contribution is 2.43. The van der Waals surface area contributed by atoms with Gasteiger partial charge in [0.15, 0.2) is 0 Å². The molecule has 0 spiro atoms. The van der Waals surface area contributed by atoms with Gasteiger partial charge in [0, 0.05) is 19.6 Å². The molecule has 0 aliphatic rings. The lowest BCUT2D eigenvalue weighted by molar-refractivity contribution is -0.154. The second-order valence-corrected chi connectivity index (χ2v) is 17.8. The van der Waals surface area contributed by atoms with E-state index in [-0.39, 0.29) is 32.3 Å². The Kier molecular flexibility index (Phi) is 46.3. The van der Waals surface area contributed by atoms with E-state index in [0.717, 1.165) is 70.6 Å². The second kappa shape index (κ2) is 47.5. The number of phosphoric acid groups is 1. The number of carbonyl (C=O) groups is 1. The molecule has 0 fully saturated rings. The molecule has 59 heavy (non-hydrogen) atoms. The molecule has 0 bridgehead atoms. The lowest BCUT2D eigenvalue weighted by atomic mass is 10.0. The molecule has 0 aromatic rings. The standard InChI is InChI=1S/C50H94NO7P/c1-3-5-7-9-11-13-15-17-19-21-22-23-24-25-26-28-30-32-34-36-38-40-42-45-55-47-49(48-57-59(53,54)56-46-44-51)58-50(52)43-41-39-37-35-33-31-29-27-20-18-16-14-12-10-8-6-4-2/h6,8,12,14,18,20,29,31,49H,3-5,7,9-11,13,15-17,19,21-28,30,32-48,51H2,1-2H3,(H,53,54)/b8-6-,14-12-,20-18-,31-29-. The number of hydrogen-bond acceptors (Lipinski definition) is 7. The maximum absolute atomic E-state index is 12.6. The monoisotopic (exact) mass is 852 g/mol. The Bertz CT molecular complexity index is 1050. The molecule has 0 rings (SSSR count). The summed E-state index contributed by atoms with van der Waals surface area (Å²) < 4.78 is 33.5. The van der Waals surface area contributed by atoms with Crippen LogP contribution in [0.5, 0.6) is 0 Å². The van der Waals surface area contributed by atoms with Crippen LogP contribution in [0.15, 0.2) is 48.6 Å². The molecule has 3 N–H and O–H groups in total. The Morgan fingerprint density at radius 1 is 0.525 bits per heavy atom. The van der Waals surface area contributed by atoms with Crippen molar-refractivity contribution in [3.8, 4) is 0 Å². The zero-order valence-electron chi connectivity index (χ0n) is 38.5. The highest BCUT2D eigenvalue weighted by Gasteiger charge is 2.25. The van der Waals surface area contributed by atoms with Crippen LogP contribution in [0.25, 0.3) is 0 Å². The van der Waals surface area contributed by atoms with Crippen molar-refractivity contribution >= 4 is 13.8 Å². The number of ether oxygens (including phenoxy) is 2. The van der Waals surface area contributed by atoms with Gasteiger partial charge in [-0.25, -0.2) is 4.57 Å². The zero-order valence-corrected chi connectivity index (χ0v) is 39.4. The number of hydrogen-bond donors (Lipinski definition) is 2. The van der Waals surface area contributed by atoms with Crippen LogP contribution < -0.4 is 5.73 Å². The lowest BCUT2D eigenvalue weighted by Crippen LogP contribution is -2.28. The van der Waals surface area contributed by atoms with Gasteiger partial charge in [0.1, 0.15) is 6.10 Å². The molecule has 0 heterocycles. The maximum atomic E-state index is 12.6. The van der Waals surface area contributed by atoms with E-state index < -0.39 is 13.9 Å². The zero-order chi connectivity index (χ0) is 43.0. The van der Waals surface area contributed by atoms with Crippen LogP contribution in [-0.2, 0) is 27.9 Å². The van der Waals surface area contributed by atoms with Gasteiger partial charge >= 0.3 is 13.8 Å². The van der Waals surface area contributed by atoms with Crippen molar-refractivity contribution in [2.24, 2.45) is 5.73 Å². The Balaban J connectivity index is 3.95. The third kappa shape index (κ3) is 47.4. The van der Waals surface area contributed by atoms with Crippen LogP contribution in [0.1, 0.15) is 226 Å². The number of esters is 1. The van der Waals surface area contributed by atoms with Crippen LogP contribution in [-0.4, -0.2) is 49.9 Å². The molecule has 9 heteroatoms. The van der Waals surface area contributed by atoms with Gasteiger partial charge in [-0.2, -0.15) is 0 Å². The Morgan fingerprint density at radius 3 is 1.42 bits per heavy atom. The van der Waals surface area contributed by atoms with Gasteiger partial charge in [0.05, 0.1) is 19.8 Å². The minimum atomic E-state index is -4.29.